The number of hydrogen-bond donors (Lipinski definition) is 1. The summed E-state index contributed by atoms with van der Waals surface area (Å²) in [5.41, 5.74) is 7.01. The van der Waals surface area contributed by atoms with Crippen molar-refractivity contribution in [2.75, 3.05) is 12.8 Å². The molecule has 0 radical (unpaired) electrons. The van der Waals surface area contributed by atoms with Gasteiger partial charge in [-0.3, -0.25) is 9.97 Å². The van der Waals surface area contributed by atoms with Crippen molar-refractivity contribution < 1.29 is 4.74 Å². The van der Waals surface area contributed by atoms with Crippen LogP contribution < -0.4 is 10.5 Å². The third kappa shape index (κ3) is 2.01. The summed E-state index contributed by atoms with van der Waals surface area (Å²) in [4.78, 5) is 12.1. The maximum atomic E-state index is 5.45. The van der Waals surface area contributed by atoms with E-state index < -0.39 is 0 Å². The Morgan fingerprint density at radius 1 is 1.13 bits per heavy atom. The number of rotatable bonds is 2. The molecule has 0 amide bonds. The second-order valence-corrected chi connectivity index (χ2v) is 2.94. The van der Waals surface area contributed by atoms with Crippen LogP contribution in [-0.4, -0.2) is 22.1 Å². The third-order valence-corrected chi connectivity index (χ3v) is 1.92. The van der Waals surface area contributed by atoms with Gasteiger partial charge in [0.1, 0.15) is 11.6 Å². The zero-order valence-electron chi connectivity index (χ0n) is 8.21. The van der Waals surface area contributed by atoms with E-state index >= 15 is 0 Å². The lowest BCUT2D eigenvalue weighted by Crippen LogP contribution is -1.93. The molecule has 2 heterocycles. The highest BCUT2D eigenvalue weighted by molar-refractivity contribution is 5.59. The van der Waals surface area contributed by atoms with Crippen LogP contribution in [-0.2, 0) is 0 Å². The van der Waals surface area contributed by atoms with Gasteiger partial charge in [-0.05, 0) is 6.07 Å². The summed E-state index contributed by atoms with van der Waals surface area (Å²) in [6, 6.07) is 1.84. The van der Waals surface area contributed by atoms with E-state index in [4.69, 9.17) is 10.5 Å². The summed E-state index contributed by atoms with van der Waals surface area (Å²) in [7, 11) is 1.59. The molecule has 0 aliphatic heterocycles. The summed E-state index contributed by atoms with van der Waals surface area (Å²) >= 11 is 0. The summed E-state index contributed by atoms with van der Waals surface area (Å²) in [5.74, 6) is 1.08. The standard InChI is InChI=1S/C10H10N4O/c1-15-8-2-7(3-12-4-8)9-5-14-10(11)6-13-9/h2-6H,1H3,(H2,11,14). The van der Waals surface area contributed by atoms with Crippen molar-refractivity contribution in [3.63, 3.8) is 0 Å². The van der Waals surface area contributed by atoms with Crippen molar-refractivity contribution in [3.05, 3.63) is 30.9 Å². The zero-order chi connectivity index (χ0) is 10.7. The van der Waals surface area contributed by atoms with E-state index in [1.165, 1.54) is 6.20 Å². The Hall–Kier alpha value is -2.17. The summed E-state index contributed by atoms with van der Waals surface area (Å²) in [5, 5.41) is 0. The van der Waals surface area contributed by atoms with Crippen LogP contribution in [0.1, 0.15) is 0 Å². The molecule has 2 N–H and O–H groups in total. The van der Waals surface area contributed by atoms with Gasteiger partial charge in [-0.2, -0.15) is 0 Å². The van der Waals surface area contributed by atoms with Gasteiger partial charge in [0.05, 0.1) is 31.4 Å². The van der Waals surface area contributed by atoms with Crippen molar-refractivity contribution in [1.29, 1.82) is 0 Å². The Labute approximate surface area is 87.0 Å². The van der Waals surface area contributed by atoms with Crippen LogP contribution >= 0.6 is 0 Å². The van der Waals surface area contributed by atoms with E-state index in [0.29, 0.717) is 11.6 Å². The molecule has 0 saturated carbocycles. The topological polar surface area (TPSA) is 73.9 Å². The minimum atomic E-state index is 0.398. The number of ether oxygens (including phenoxy) is 1. The fourth-order valence-corrected chi connectivity index (χ4v) is 1.16. The zero-order valence-corrected chi connectivity index (χ0v) is 8.21. The lowest BCUT2D eigenvalue weighted by atomic mass is 10.2. The van der Waals surface area contributed by atoms with Gasteiger partial charge < -0.3 is 10.5 Å². The predicted molar refractivity (Wildman–Crippen MR) is 56.2 cm³/mol. The number of methoxy groups -OCH3 is 1. The van der Waals surface area contributed by atoms with E-state index in [1.54, 1.807) is 25.7 Å². The fourth-order valence-electron chi connectivity index (χ4n) is 1.16. The number of nitrogen functional groups attached to an aromatic ring is 1. The van der Waals surface area contributed by atoms with E-state index in [9.17, 15) is 0 Å². The van der Waals surface area contributed by atoms with Gasteiger partial charge in [-0.1, -0.05) is 0 Å². The first-order valence-electron chi connectivity index (χ1n) is 4.36. The number of aromatic nitrogens is 3. The van der Waals surface area contributed by atoms with E-state index in [-0.39, 0.29) is 0 Å². The van der Waals surface area contributed by atoms with Crippen LogP contribution in [0.2, 0.25) is 0 Å². The van der Waals surface area contributed by atoms with Gasteiger partial charge in [0.15, 0.2) is 0 Å². The maximum absolute atomic E-state index is 5.45. The monoisotopic (exact) mass is 202 g/mol. The molecule has 0 aliphatic carbocycles. The Balaban J connectivity index is 2.40. The maximum Gasteiger partial charge on any atom is 0.141 e. The molecular weight excluding hydrogens is 192 g/mol. The van der Waals surface area contributed by atoms with Crippen LogP contribution in [0.15, 0.2) is 30.9 Å². The van der Waals surface area contributed by atoms with Gasteiger partial charge >= 0.3 is 0 Å². The van der Waals surface area contributed by atoms with E-state index in [2.05, 4.69) is 15.0 Å². The minimum absolute atomic E-state index is 0.398. The van der Waals surface area contributed by atoms with Gasteiger partial charge in [0.25, 0.3) is 0 Å². The van der Waals surface area contributed by atoms with Crippen LogP contribution in [0.4, 0.5) is 5.82 Å². The molecule has 15 heavy (non-hydrogen) atoms. The number of anilines is 1. The Bertz CT molecular complexity index is 455. The van der Waals surface area contributed by atoms with Crippen molar-refractivity contribution in [2.24, 2.45) is 0 Å². The first-order valence-corrected chi connectivity index (χ1v) is 4.36. The second kappa shape index (κ2) is 3.91. The Morgan fingerprint density at radius 3 is 2.67 bits per heavy atom. The molecule has 2 aromatic heterocycles. The molecule has 0 fully saturated rings. The van der Waals surface area contributed by atoms with Crippen molar-refractivity contribution in [2.45, 2.75) is 0 Å². The molecule has 0 spiro atoms. The normalized spacial score (nSPS) is 9.93. The molecule has 76 valence electrons. The van der Waals surface area contributed by atoms with Crippen LogP contribution in [0.3, 0.4) is 0 Å². The van der Waals surface area contributed by atoms with E-state index in [1.807, 2.05) is 6.07 Å². The average molecular weight is 202 g/mol. The summed E-state index contributed by atoms with van der Waals surface area (Å²) < 4.78 is 5.06. The fraction of sp³-hybridized carbons (Fsp3) is 0.100. The molecule has 0 atom stereocenters. The summed E-state index contributed by atoms with van der Waals surface area (Å²) in [6.07, 6.45) is 6.44. The Kier molecular flexibility index (Phi) is 2.45. The largest absolute Gasteiger partial charge is 0.495 e. The molecule has 5 heteroatoms. The lowest BCUT2D eigenvalue weighted by molar-refractivity contribution is 0.413. The number of pyridine rings is 1. The third-order valence-electron chi connectivity index (χ3n) is 1.92. The van der Waals surface area contributed by atoms with Crippen molar-refractivity contribution in [1.82, 2.24) is 15.0 Å². The van der Waals surface area contributed by atoms with Crippen molar-refractivity contribution >= 4 is 5.82 Å². The second-order valence-electron chi connectivity index (χ2n) is 2.94. The SMILES string of the molecule is COc1cncc(-c2cnc(N)cn2)c1. The summed E-state index contributed by atoms with van der Waals surface area (Å²) in [6.45, 7) is 0. The lowest BCUT2D eigenvalue weighted by Gasteiger charge is -2.02. The van der Waals surface area contributed by atoms with E-state index in [0.717, 1.165) is 11.3 Å². The first kappa shape index (κ1) is 9.39. The van der Waals surface area contributed by atoms with Crippen molar-refractivity contribution in [3.8, 4) is 17.0 Å². The molecule has 2 rings (SSSR count). The molecule has 0 bridgehead atoms. The highest BCUT2D eigenvalue weighted by atomic mass is 16.5. The molecule has 2 aromatic rings. The predicted octanol–water partition coefficient (Wildman–Crippen LogP) is 1.13. The highest BCUT2D eigenvalue weighted by Gasteiger charge is 2.01. The van der Waals surface area contributed by atoms with Gasteiger partial charge in [0.2, 0.25) is 0 Å². The molecule has 0 saturated heterocycles. The highest BCUT2D eigenvalue weighted by Crippen LogP contribution is 2.19. The number of nitrogens with two attached hydrogens (primary N) is 1. The average Bonchev–Trinajstić information content (AvgIpc) is 2.30. The van der Waals surface area contributed by atoms with Crippen LogP contribution in [0, 0.1) is 0 Å². The smallest absolute Gasteiger partial charge is 0.141 e. The Morgan fingerprint density at radius 2 is 2.00 bits per heavy atom. The number of hydrogen-bond acceptors (Lipinski definition) is 5. The molecule has 0 unspecified atom stereocenters. The van der Waals surface area contributed by atoms with Crippen LogP contribution in [0.25, 0.3) is 11.3 Å². The molecule has 0 aromatic carbocycles. The molecule has 0 aliphatic rings. The van der Waals surface area contributed by atoms with Gasteiger partial charge in [-0.25, -0.2) is 4.98 Å². The minimum Gasteiger partial charge on any atom is -0.495 e. The van der Waals surface area contributed by atoms with Crippen LogP contribution in [0.5, 0.6) is 5.75 Å². The molecule has 5 nitrogen and oxygen atoms in total. The van der Waals surface area contributed by atoms with Gasteiger partial charge in [-0.15, -0.1) is 0 Å². The van der Waals surface area contributed by atoms with Gasteiger partial charge in [0, 0.05) is 11.8 Å². The first-order chi connectivity index (χ1) is 7.29. The quantitative estimate of drug-likeness (QED) is 0.790. The number of nitrogens with zero attached hydrogens (tertiary/aromatic N) is 3. The molecular formula is C10H10N4O.